The first-order valence-corrected chi connectivity index (χ1v) is 8.27. The summed E-state index contributed by atoms with van der Waals surface area (Å²) in [4.78, 5) is 0. The minimum Gasteiger partial charge on any atom is -0.494 e. The predicted octanol–water partition coefficient (Wildman–Crippen LogP) is 4.76. The van der Waals surface area contributed by atoms with Crippen molar-refractivity contribution in [2.75, 3.05) is 7.11 Å². The number of rotatable bonds is 4. The SMILES string of the molecule is COc1ccc(-c2ccn3c(CC4CC4(F)F)nnc3c2C(F)(F)F)cc1F. The molecule has 1 aliphatic carbocycles. The van der Waals surface area contributed by atoms with Crippen LogP contribution in [0, 0.1) is 11.7 Å². The van der Waals surface area contributed by atoms with Crippen molar-refractivity contribution in [1.82, 2.24) is 14.6 Å². The second-order valence-corrected chi connectivity index (χ2v) is 6.63. The Hall–Kier alpha value is -2.78. The summed E-state index contributed by atoms with van der Waals surface area (Å²) in [5, 5.41) is 7.27. The molecule has 0 N–H and O–H groups in total. The molecule has 4 rings (SSSR count). The van der Waals surface area contributed by atoms with E-state index in [0.29, 0.717) is 0 Å². The van der Waals surface area contributed by atoms with Crippen LogP contribution in [0.15, 0.2) is 30.5 Å². The standard InChI is InChI=1S/C18H13F6N3O/c1-28-13-3-2-9(6-12(13)19)11-4-5-27-14(7-10-8-17(10,20)21)25-26-16(27)15(11)18(22,23)24/h2-6,10H,7-8H2,1H3. The van der Waals surface area contributed by atoms with E-state index < -0.39 is 35.0 Å². The lowest BCUT2D eigenvalue weighted by atomic mass is 10.0. The van der Waals surface area contributed by atoms with E-state index >= 15 is 0 Å². The monoisotopic (exact) mass is 401 g/mol. The normalized spacial score (nSPS) is 18.5. The molecule has 1 aliphatic rings. The molecule has 3 aromatic rings. The molecule has 1 atom stereocenters. The average molecular weight is 401 g/mol. The van der Waals surface area contributed by atoms with Crippen molar-refractivity contribution < 1.29 is 31.1 Å². The van der Waals surface area contributed by atoms with Crippen molar-refractivity contribution in [2.24, 2.45) is 5.92 Å². The quantitative estimate of drug-likeness (QED) is 0.592. The van der Waals surface area contributed by atoms with E-state index in [1.807, 2.05) is 0 Å². The lowest BCUT2D eigenvalue weighted by Crippen LogP contribution is -2.11. The molecule has 0 bridgehead atoms. The van der Waals surface area contributed by atoms with E-state index in [-0.39, 0.29) is 35.5 Å². The van der Waals surface area contributed by atoms with Gasteiger partial charge in [0.1, 0.15) is 11.4 Å². The zero-order valence-electron chi connectivity index (χ0n) is 14.4. The van der Waals surface area contributed by atoms with Crippen LogP contribution in [0.5, 0.6) is 5.75 Å². The lowest BCUT2D eigenvalue weighted by molar-refractivity contribution is -0.136. The molecule has 4 nitrogen and oxygen atoms in total. The van der Waals surface area contributed by atoms with Gasteiger partial charge in [-0.2, -0.15) is 13.2 Å². The summed E-state index contributed by atoms with van der Waals surface area (Å²) in [7, 11) is 1.24. The van der Waals surface area contributed by atoms with Gasteiger partial charge in [-0.15, -0.1) is 10.2 Å². The smallest absolute Gasteiger partial charge is 0.420 e. The van der Waals surface area contributed by atoms with Crippen LogP contribution in [-0.4, -0.2) is 27.6 Å². The highest BCUT2D eigenvalue weighted by Gasteiger charge is 2.57. The zero-order valence-corrected chi connectivity index (χ0v) is 14.4. The van der Waals surface area contributed by atoms with E-state index in [1.54, 1.807) is 0 Å². The predicted molar refractivity (Wildman–Crippen MR) is 86.7 cm³/mol. The van der Waals surface area contributed by atoms with Crippen LogP contribution in [0.25, 0.3) is 16.8 Å². The van der Waals surface area contributed by atoms with Gasteiger partial charge >= 0.3 is 6.18 Å². The summed E-state index contributed by atoms with van der Waals surface area (Å²) in [6.07, 6.45) is -4.04. The fraction of sp³-hybridized carbons (Fsp3) is 0.333. The third-order valence-electron chi connectivity index (χ3n) is 4.78. The van der Waals surface area contributed by atoms with Gasteiger partial charge in [0, 0.05) is 25.0 Å². The fourth-order valence-electron chi connectivity index (χ4n) is 3.21. The molecule has 0 aliphatic heterocycles. The summed E-state index contributed by atoms with van der Waals surface area (Å²) in [6, 6.07) is 4.60. The first kappa shape index (κ1) is 18.6. The maximum atomic E-state index is 14.0. The zero-order chi connectivity index (χ0) is 20.3. The summed E-state index contributed by atoms with van der Waals surface area (Å²) in [5.41, 5.74) is -1.94. The molecule has 28 heavy (non-hydrogen) atoms. The van der Waals surface area contributed by atoms with Gasteiger partial charge in [-0.25, -0.2) is 13.2 Å². The van der Waals surface area contributed by atoms with Gasteiger partial charge < -0.3 is 4.74 Å². The Morgan fingerprint density at radius 2 is 1.93 bits per heavy atom. The minimum absolute atomic E-state index is 0.0219. The van der Waals surface area contributed by atoms with Gasteiger partial charge in [-0.3, -0.25) is 4.40 Å². The number of fused-ring (bicyclic) bond motifs is 1. The Kier molecular flexibility index (Phi) is 4.06. The van der Waals surface area contributed by atoms with Gasteiger partial charge in [0.25, 0.3) is 5.92 Å². The molecule has 10 heteroatoms. The Balaban J connectivity index is 1.85. The van der Waals surface area contributed by atoms with Crippen LogP contribution < -0.4 is 4.74 Å². The molecule has 148 valence electrons. The van der Waals surface area contributed by atoms with Crippen LogP contribution in [0.4, 0.5) is 26.3 Å². The number of aromatic nitrogens is 3. The summed E-state index contributed by atoms with van der Waals surface area (Å²) < 4.78 is 87.5. The first-order chi connectivity index (χ1) is 13.1. The van der Waals surface area contributed by atoms with E-state index in [4.69, 9.17) is 4.74 Å². The Morgan fingerprint density at radius 3 is 2.50 bits per heavy atom. The molecule has 1 fully saturated rings. The highest BCUT2D eigenvalue weighted by atomic mass is 19.4. The summed E-state index contributed by atoms with van der Waals surface area (Å²) in [6.45, 7) is 0. The van der Waals surface area contributed by atoms with Crippen LogP contribution in [0.3, 0.4) is 0 Å². The molecular weight excluding hydrogens is 388 g/mol. The van der Waals surface area contributed by atoms with E-state index in [2.05, 4.69) is 10.2 Å². The topological polar surface area (TPSA) is 39.4 Å². The molecule has 2 aromatic heterocycles. The van der Waals surface area contributed by atoms with Crippen molar-refractivity contribution in [3.8, 4) is 16.9 Å². The minimum atomic E-state index is -4.82. The van der Waals surface area contributed by atoms with Gasteiger partial charge in [0.2, 0.25) is 0 Å². The van der Waals surface area contributed by atoms with E-state index in [1.165, 1.54) is 25.4 Å². The number of pyridine rings is 1. The third kappa shape index (κ3) is 3.06. The largest absolute Gasteiger partial charge is 0.494 e. The number of methoxy groups -OCH3 is 1. The van der Waals surface area contributed by atoms with E-state index in [0.717, 1.165) is 16.5 Å². The number of benzene rings is 1. The number of halogens is 6. The van der Waals surface area contributed by atoms with Gasteiger partial charge in [-0.1, -0.05) is 6.07 Å². The van der Waals surface area contributed by atoms with Crippen molar-refractivity contribution >= 4 is 5.65 Å². The van der Waals surface area contributed by atoms with Crippen molar-refractivity contribution in [1.29, 1.82) is 0 Å². The highest BCUT2D eigenvalue weighted by molar-refractivity contribution is 5.74. The average Bonchev–Trinajstić information content (AvgIpc) is 3.02. The Bertz CT molecular complexity index is 1060. The molecule has 1 aromatic carbocycles. The van der Waals surface area contributed by atoms with Crippen LogP contribution >= 0.6 is 0 Å². The Morgan fingerprint density at radius 1 is 1.21 bits per heavy atom. The highest BCUT2D eigenvalue weighted by Crippen LogP contribution is 2.50. The number of hydrogen-bond donors (Lipinski definition) is 0. The van der Waals surface area contributed by atoms with E-state index in [9.17, 15) is 26.3 Å². The number of nitrogens with zero attached hydrogens (tertiary/aromatic N) is 3. The number of alkyl halides is 5. The maximum absolute atomic E-state index is 14.0. The van der Waals surface area contributed by atoms with Gasteiger partial charge in [0.05, 0.1) is 7.11 Å². The third-order valence-corrected chi connectivity index (χ3v) is 4.78. The Labute approximate surface area is 154 Å². The van der Waals surface area contributed by atoms with Crippen molar-refractivity contribution in [3.63, 3.8) is 0 Å². The van der Waals surface area contributed by atoms with Crippen LogP contribution in [0.2, 0.25) is 0 Å². The molecule has 1 unspecified atom stereocenters. The molecule has 0 amide bonds. The molecule has 2 heterocycles. The van der Waals surface area contributed by atoms with Crippen molar-refractivity contribution in [2.45, 2.75) is 24.9 Å². The molecular formula is C18H13F6N3O. The molecule has 0 spiro atoms. The maximum Gasteiger partial charge on any atom is 0.420 e. The number of ether oxygens (including phenoxy) is 1. The van der Waals surface area contributed by atoms with Gasteiger partial charge in [0.15, 0.2) is 17.2 Å². The lowest BCUT2D eigenvalue weighted by Gasteiger charge is -2.15. The van der Waals surface area contributed by atoms with Crippen LogP contribution in [-0.2, 0) is 12.6 Å². The number of hydrogen-bond acceptors (Lipinski definition) is 3. The summed E-state index contributed by atoms with van der Waals surface area (Å²) in [5.74, 6) is -4.67. The van der Waals surface area contributed by atoms with Crippen LogP contribution in [0.1, 0.15) is 17.8 Å². The second kappa shape index (κ2) is 6.11. The molecule has 1 saturated carbocycles. The fourth-order valence-corrected chi connectivity index (χ4v) is 3.21. The summed E-state index contributed by atoms with van der Waals surface area (Å²) >= 11 is 0. The molecule has 0 radical (unpaired) electrons. The van der Waals surface area contributed by atoms with Gasteiger partial charge in [-0.05, 0) is 29.3 Å². The van der Waals surface area contributed by atoms with Crippen molar-refractivity contribution in [3.05, 3.63) is 47.7 Å². The second-order valence-electron chi connectivity index (χ2n) is 6.63. The molecule has 0 saturated heterocycles. The first-order valence-electron chi connectivity index (χ1n) is 8.27.